The first-order valence-electron chi connectivity index (χ1n) is 8.16. The Kier molecular flexibility index (Phi) is 4.97. The van der Waals surface area contributed by atoms with E-state index in [1.54, 1.807) is 35.2 Å². The summed E-state index contributed by atoms with van der Waals surface area (Å²) in [6.45, 7) is 2.78. The molecule has 1 aliphatic heterocycles. The molecule has 1 unspecified atom stereocenters. The van der Waals surface area contributed by atoms with Crippen LogP contribution in [0, 0.1) is 11.7 Å². The molecule has 1 fully saturated rings. The highest BCUT2D eigenvalue weighted by Crippen LogP contribution is 2.27. The number of carbonyl (C=O) groups is 2. The summed E-state index contributed by atoms with van der Waals surface area (Å²) in [6.07, 6.45) is 0.133. The highest BCUT2D eigenvalue weighted by atomic mass is 19.1. The van der Waals surface area contributed by atoms with Crippen molar-refractivity contribution in [3.8, 4) is 5.75 Å². The van der Waals surface area contributed by atoms with E-state index in [9.17, 15) is 14.0 Å². The molecule has 1 saturated heterocycles. The molecule has 3 rings (SSSR count). The quantitative estimate of drug-likeness (QED) is 0.908. The van der Waals surface area contributed by atoms with Crippen LogP contribution in [0.5, 0.6) is 5.75 Å². The summed E-state index contributed by atoms with van der Waals surface area (Å²) in [7, 11) is 0. The van der Waals surface area contributed by atoms with E-state index < -0.39 is 11.7 Å². The van der Waals surface area contributed by atoms with Crippen molar-refractivity contribution in [1.82, 2.24) is 0 Å². The van der Waals surface area contributed by atoms with Gasteiger partial charge in [0.25, 0.3) is 0 Å². The number of hydrogen-bond acceptors (Lipinski definition) is 3. The highest BCUT2D eigenvalue weighted by molar-refractivity contribution is 6.03. The lowest BCUT2D eigenvalue weighted by Crippen LogP contribution is -2.28. The van der Waals surface area contributed by atoms with Gasteiger partial charge in [0, 0.05) is 24.3 Å². The molecule has 0 bridgehead atoms. The van der Waals surface area contributed by atoms with Gasteiger partial charge in [0.05, 0.1) is 12.5 Å². The number of nitrogens with one attached hydrogen (secondary N) is 1. The van der Waals surface area contributed by atoms with Gasteiger partial charge >= 0.3 is 0 Å². The van der Waals surface area contributed by atoms with Gasteiger partial charge < -0.3 is 15.0 Å². The summed E-state index contributed by atoms with van der Waals surface area (Å²) in [5, 5.41) is 2.67. The predicted molar refractivity (Wildman–Crippen MR) is 93.1 cm³/mol. The normalized spacial score (nSPS) is 16.8. The van der Waals surface area contributed by atoms with E-state index in [0.29, 0.717) is 18.8 Å². The van der Waals surface area contributed by atoms with Crippen LogP contribution in [-0.4, -0.2) is 25.0 Å². The first kappa shape index (κ1) is 17.0. The van der Waals surface area contributed by atoms with Gasteiger partial charge in [0.15, 0.2) is 0 Å². The Balaban J connectivity index is 1.66. The fourth-order valence-corrected chi connectivity index (χ4v) is 2.83. The van der Waals surface area contributed by atoms with Crippen LogP contribution in [0.25, 0.3) is 0 Å². The molecule has 130 valence electrons. The minimum absolute atomic E-state index is 0.108. The van der Waals surface area contributed by atoms with Gasteiger partial charge in [-0.25, -0.2) is 4.39 Å². The summed E-state index contributed by atoms with van der Waals surface area (Å²) < 4.78 is 18.6. The van der Waals surface area contributed by atoms with E-state index >= 15 is 0 Å². The van der Waals surface area contributed by atoms with E-state index in [4.69, 9.17) is 4.74 Å². The number of rotatable bonds is 5. The van der Waals surface area contributed by atoms with Crippen molar-refractivity contribution in [3.63, 3.8) is 0 Å². The van der Waals surface area contributed by atoms with Crippen LogP contribution in [0.1, 0.15) is 13.3 Å². The second-order valence-corrected chi connectivity index (χ2v) is 5.83. The summed E-state index contributed by atoms with van der Waals surface area (Å²) in [5.74, 6) is -0.548. The molecule has 1 atom stereocenters. The molecule has 0 spiro atoms. The first-order chi connectivity index (χ1) is 12.1. The topological polar surface area (TPSA) is 58.6 Å². The Morgan fingerprint density at radius 3 is 2.72 bits per heavy atom. The molecule has 0 radical (unpaired) electrons. The standard InChI is InChI=1S/C19H19FN2O3/c1-2-25-17-8-6-16(7-9-17)22-12-13(10-18(22)23)19(24)21-15-5-3-4-14(20)11-15/h3-9,11,13H,2,10,12H2,1H3,(H,21,24). The number of halogens is 1. The lowest BCUT2D eigenvalue weighted by Gasteiger charge is -2.17. The molecule has 1 heterocycles. The smallest absolute Gasteiger partial charge is 0.229 e. The largest absolute Gasteiger partial charge is 0.494 e. The molecule has 1 N–H and O–H groups in total. The molecule has 0 aliphatic carbocycles. The molecule has 2 aromatic rings. The van der Waals surface area contributed by atoms with Crippen LogP contribution in [0.3, 0.4) is 0 Å². The number of anilines is 2. The number of amides is 2. The van der Waals surface area contributed by atoms with Crippen molar-refractivity contribution in [3.05, 3.63) is 54.3 Å². The molecule has 2 amide bonds. The predicted octanol–water partition coefficient (Wildman–Crippen LogP) is 3.22. The molecular formula is C19H19FN2O3. The molecule has 5 nitrogen and oxygen atoms in total. The maximum atomic E-state index is 13.2. The van der Waals surface area contributed by atoms with Crippen molar-refractivity contribution >= 4 is 23.2 Å². The number of hydrogen-bond donors (Lipinski definition) is 1. The Morgan fingerprint density at radius 2 is 2.04 bits per heavy atom. The van der Waals surface area contributed by atoms with E-state index in [-0.39, 0.29) is 18.2 Å². The maximum absolute atomic E-state index is 13.2. The van der Waals surface area contributed by atoms with Crippen molar-refractivity contribution in [1.29, 1.82) is 0 Å². The first-order valence-corrected chi connectivity index (χ1v) is 8.16. The van der Waals surface area contributed by atoms with E-state index in [1.807, 2.05) is 6.92 Å². The molecule has 2 aromatic carbocycles. The third-order valence-electron chi connectivity index (χ3n) is 4.05. The van der Waals surface area contributed by atoms with Gasteiger partial charge in [-0.05, 0) is 49.4 Å². The van der Waals surface area contributed by atoms with Crippen LogP contribution in [0.15, 0.2) is 48.5 Å². The molecule has 1 aliphatic rings. The van der Waals surface area contributed by atoms with Gasteiger partial charge in [-0.3, -0.25) is 9.59 Å². The van der Waals surface area contributed by atoms with E-state index in [1.165, 1.54) is 18.2 Å². The highest BCUT2D eigenvalue weighted by Gasteiger charge is 2.35. The summed E-state index contributed by atoms with van der Waals surface area (Å²) in [6, 6.07) is 12.9. The van der Waals surface area contributed by atoms with Crippen LogP contribution >= 0.6 is 0 Å². The average molecular weight is 342 g/mol. The van der Waals surface area contributed by atoms with Crippen LogP contribution < -0.4 is 15.0 Å². The maximum Gasteiger partial charge on any atom is 0.229 e. The van der Waals surface area contributed by atoms with Gasteiger partial charge in [-0.1, -0.05) is 6.07 Å². The minimum Gasteiger partial charge on any atom is -0.494 e. The van der Waals surface area contributed by atoms with E-state index in [0.717, 1.165) is 11.4 Å². The lowest BCUT2D eigenvalue weighted by atomic mass is 10.1. The van der Waals surface area contributed by atoms with Crippen molar-refractivity contribution in [2.24, 2.45) is 5.92 Å². The Bertz CT molecular complexity index is 776. The molecule has 0 aromatic heterocycles. The Morgan fingerprint density at radius 1 is 1.28 bits per heavy atom. The Labute approximate surface area is 145 Å². The van der Waals surface area contributed by atoms with Gasteiger partial charge in [0.1, 0.15) is 11.6 Å². The SMILES string of the molecule is CCOc1ccc(N2CC(C(=O)Nc3cccc(F)c3)CC2=O)cc1. The fourth-order valence-electron chi connectivity index (χ4n) is 2.83. The van der Waals surface area contributed by atoms with Gasteiger partial charge in [0.2, 0.25) is 11.8 Å². The average Bonchev–Trinajstić information content (AvgIpc) is 2.98. The van der Waals surface area contributed by atoms with Crippen molar-refractivity contribution < 1.29 is 18.7 Å². The second kappa shape index (κ2) is 7.34. The zero-order chi connectivity index (χ0) is 17.8. The molecular weight excluding hydrogens is 323 g/mol. The Hall–Kier alpha value is -2.89. The van der Waals surface area contributed by atoms with Crippen LogP contribution in [-0.2, 0) is 9.59 Å². The zero-order valence-electron chi connectivity index (χ0n) is 13.9. The van der Waals surface area contributed by atoms with Crippen LogP contribution in [0.4, 0.5) is 15.8 Å². The van der Waals surface area contributed by atoms with Crippen LogP contribution in [0.2, 0.25) is 0 Å². The number of ether oxygens (including phenoxy) is 1. The number of carbonyl (C=O) groups excluding carboxylic acids is 2. The minimum atomic E-state index is -0.470. The molecule has 25 heavy (non-hydrogen) atoms. The van der Waals surface area contributed by atoms with Crippen molar-refractivity contribution in [2.45, 2.75) is 13.3 Å². The summed E-state index contributed by atoms with van der Waals surface area (Å²) in [4.78, 5) is 26.2. The fraction of sp³-hybridized carbons (Fsp3) is 0.263. The summed E-state index contributed by atoms with van der Waals surface area (Å²) >= 11 is 0. The molecule has 6 heteroatoms. The van der Waals surface area contributed by atoms with Gasteiger partial charge in [-0.2, -0.15) is 0 Å². The number of nitrogens with zero attached hydrogens (tertiary/aromatic N) is 1. The van der Waals surface area contributed by atoms with Crippen molar-refractivity contribution in [2.75, 3.05) is 23.4 Å². The zero-order valence-corrected chi connectivity index (χ0v) is 13.9. The molecule has 0 saturated carbocycles. The van der Waals surface area contributed by atoms with Gasteiger partial charge in [-0.15, -0.1) is 0 Å². The third kappa shape index (κ3) is 3.96. The van der Waals surface area contributed by atoms with E-state index in [2.05, 4.69) is 5.32 Å². The second-order valence-electron chi connectivity index (χ2n) is 5.83. The lowest BCUT2D eigenvalue weighted by molar-refractivity contribution is -0.122. The monoisotopic (exact) mass is 342 g/mol. The third-order valence-corrected chi connectivity index (χ3v) is 4.05. The number of benzene rings is 2. The summed E-state index contributed by atoms with van der Waals surface area (Å²) in [5.41, 5.74) is 1.12.